The van der Waals surface area contributed by atoms with Gasteiger partial charge >= 0.3 is 5.97 Å². The van der Waals surface area contributed by atoms with E-state index in [9.17, 15) is 14.4 Å². The predicted octanol–water partition coefficient (Wildman–Crippen LogP) is 4.27. The zero-order valence-electron chi connectivity index (χ0n) is 17.0. The van der Waals surface area contributed by atoms with Crippen LogP contribution >= 0.6 is 0 Å². The molecule has 0 spiro atoms. The van der Waals surface area contributed by atoms with Gasteiger partial charge in [-0.2, -0.15) is 0 Å². The number of allylic oxidation sites excluding steroid dienone is 2. The maximum Gasteiger partial charge on any atom is 0.302 e. The van der Waals surface area contributed by atoms with Gasteiger partial charge in [-0.05, 0) is 74.2 Å². The number of hydrogen-bond donors (Lipinski definition) is 0. The van der Waals surface area contributed by atoms with Crippen molar-refractivity contribution in [1.82, 2.24) is 0 Å². The molecule has 4 aliphatic carbocycles. The Kier molecular flexibility index (Phi) is 4.40. The summed E-state index contributed by atoms with van der Waals surface area (Å²) in [7, 11) is 0. The topological polar surface area (TPSA) is 60.4 Å². The fraction of sp³-hybridized carbons (Fsp3) is 0.783. The zero-order valence-corrected chi connectivity index (χ0v) is 17.0. The third-order valence-corrected chi connectivity index (χ3v) is 8.60. The van der Waals surface area contributed by atoms with Gasteiger partial charge in [0.2, 0.25) is 0 Å². The standard InChI is InChI=1S/C23H32O4/c1-13(24)18-7-8-19-17-6-5-15-11-16(27-14(2)25)9-10-22(15,3)21(17)20(26)12-23(18,19)4/h7,15-17,19,21H,5-6,8-12H2,1-4H3/t15-,16+,17-,19+,21-,22-,23+/m0/s1. The second kappa shape index (κ2) is 6.28. The van der Waals surface area contributed by atoms with E-state index in [-0.39, 0.29) is 34.6 Å². The van der Waals surface area contributed by atoms with E-state index < -0.39 is 0 Å². The molecule has 0 bridgehead atoms. The van der Waals surface area contributed by atoms with Crippen molar-refractivity contribution < 1.29 is 19.1 Å². The maximum atomic E-state index is 13.4. The van der Waals surface area contributed by atoms with E-state index in [0.29, 0.717) is 30.0 Å². The second-order valence-electron chi connectivity index (χ2n) is 10.0. The zero-order chi connectivity index (χ0) is 19.6. The number of carbonyl (C=O) groups excluding carboxylic acids is 3. The lowest BCUT2D eigenvalue weighted by molar-refractivity contribution is -0.166. The predicted molar refractivity (Wildman–Crippen MR) is 102 cm³/mol. The van der Waals surface area contributed by atoms with Gasteiger partial charge in [-0.1, -0.05) is 19.9 Å². The van der Waals surface area contributed by atoms with Crippen LogP contribution in [0.25, 0.3) is 0 Å². The van der Waals surface area contributed by atoms with Crippen molar-refractivity contribution in [2.24, 2.45) is 34.5 Å². The Hall–Kier alpha value is -1.45. The van der Waals surface area contributed by atoms with Crippen LogP contribution in [-0.2, 0) is 19.1 Å². The first-order valence-corrected chi connectivity index (χ1v) is 10.6. The highest BCUT2D eigenvalue weighted by Crippen LogP contribution is 2.65. The van der Waals surface area contributed by atoms with Crippen LogP contribution in [0.1, 0.15) is 72.6 Å². The molecule has 4 nitrogen and oxygen atoms in total. The van der Waals surface area contributed by atoms with E-state index in [2.05, 4.69) is 19.9 Å². The quantitative estimate of drug-likeness (QED) is 0.679. The van der Waals surface area contributed by atoms with Crippen molar-refractivity contribution in [2.75, 3.05) is 0 Å². The summed E-state index contributed by atoms with van der Waals surface area (Å²) >= 11 is 0. The molecule has 3 fully saturated rings. The van der Waals surface area contributed by atoms with Crippen LogP contribution in [0.15, 0.2) is 11.6 Å². The second-order valence-corrected chi connectivity index (χ2v) is 10.0. The Morgan fingerprint density at radius 1 is 1.15 bits per heavy atom. The number of fused-ring (bicyclic) bond motifs is 5. The van der Waals surface area contributed by atoms with Crippen molar-refractivity contribution in [3.05, 3.63) is 11.6 Å². The molecular formula is C23H32O4. The first kappa shape index (κ1) is 18.9. The fourth-order valence-corrected chi connectivity index (χ4v) is 7.50. The molecule has 0 saturated heterocycles. The van der Waals surface area contributed by atoms with Crippen molar-refractivity contribution in [1.29, 1.82) is 0 Å². The molecule has 4 aliphatic rings. The van der Waals surface area contributed by atoms with Crippen molar-refractivity contribution >= 4 is 17.5 Å². The highest BCUT2D eigenvalue weighted by molar-refractivity contribution is 5.97. The van der Waals surface area contributed by atoms with Gasteiger partial charge in [-0.15, -0.1) is 0 Å². The van der Waals surface area contributed by atoms with E-state index in [1.165, 1.54) is 6.92 Å². The lowest BCUT2D eigenvalue weighted by Crippen LogP contribution is -2.57. The van der Waals surface area contributed by atoms with Crippen LogP contribution in [0, 0.1) is 34.5 Å². The van der Waals surface area contributed by atoms with Crippen LogP contribution in [0.2, 0.25) is 0 Å². The number of esters is 1. The monoisotopic (exact) mass is 372 g/mol. The van der Waals surface area contributed by atoms with E-state index >= 15 is 0 Å². The van der Waals surface area contributed by atoms with Gasteiger partial charge in [-0.3, -0.25) is 14.4 Å². The van der Waals surface area contributed by atoms with Gasteiger partial charge in [0, 0.05) is 24.7 Å². The summed E-state index contributed by atoms with van der Waals surface area (Å²) in [6.45, 7) is 7.59. The summed E-state index contributed by atoms with van der Waals surface area (Å²) in [5, 5.41) is 0. The molecule has 4 heteroatoms. The lowest BCUT2D eigenvalue weighted by atomic mass is 9.44. The smallest absolute Gasteiger partial charge is 0.302 e. The minimum Gasteiger partial charge on any atom is -0.463 e. The van der Waals surface area contributed by atoms with Crippen LogP contribution in [-0.4, -0.2) is 23.6 Å². The third-order valence-electron chi connectivity index (χ3n) is 8.60. The molecule has 3 saturated carbocycles. The molecule has 0 radical (unpaired) electrons. The van der Waals surface area contributed by atoms with Gasteiger partial charge < -0.3 is 4.74 Å². The largest absolute Gasteiger partial charge is 0.463 e. The normalized spacial score (nSPS) is 46.0. The van der Waals surface area contributed by atoms with Crippen molar-refractivity contribution in [3.63, 3.8) is 0 Å². The number of carbonyl (C=O) groups is 3. The molecule has 4 rings (SSSR count). The van der Waals surface area contributed by atoms with Gasteiger partial charge in [0.1, 0.15) is 11.9 Å². The minimum absolute atomic E-state index is 0.0109. The van der Waals surface area contributed by atoms with Crippen LogP contribution in [0.3, 0.4) is 0 Å². The molecule has 0 amide bonds. The number of Topliss-reactive ketones (excluding diaryl/α,β-unsaturated/α-hetero) is 2. The Labute approximate surface area is 162 Å². The molecule has 0 heterocycles. The molecule has 7 atom stereocenters. The lowest BCUT2D eigenvalue weighted by Gasteiger charge is -2.59. The molecule has 0 aromatic carbocycles. The summed E-state index contributed by atoms with van der Waals surface area (Å²) in [4.78, 5) is 37.0. The first-order valence-electron chi connectivity index (χ1n) is 10.6. The summed E-state index contributed by atoms with van der Waals surface area (Å²) < 4.78 is 5.50. The van der Waals surface area contributed by atoms with Gasteiger partial charge in [0.05, 0.1) is 0 Å². The number of ether oxygens (including phenoxy) is 1. The molecule has 0 aromatic heterocycles. The van der Waals surface area contributed by atoms with E-state index in [1.54, 1.807) is 6.92 Å². The van der Waals surface area contributed by atoms with Gasteiger partial charge in [0.15, 0.2) is 5.78 Å². The maximum absolute atomic E-state index is 13.4. The molecule has 0 N–H and O–H groups in total. The van der Waals surface area contributed by atoms with Gasteiger partial charge in [0.25, 0.3) is 0 Å². The molecule has 0 unspecified atom stereocenters. The van der Waals surface area contributed by atoms with E-state index in [4.69, 9.17) is 4.74 Å². The summed E-state index contributed by atoms with van der Waals surface area (Å²) in [5.41, 5.74) is 0.643. The average molecular weight is 373 g/mol. The van der Waals surface area contributed by atoms with E-state index in [1.807, 2.05) is 0 Å². The molecule has 0 aromatic rings. The van der Waals surface area contributed by atoms with Crippen LogP contribution in [0.4, 0.5) is 0 Å². The van der Waals surface area contributed by atoms with E-state index in [0.717, 1.165) is 44.1 Å². The highest BCUT2D eigenvalue weighted by Gasteiger charge is 2.62. The highest BCUT2D eigenvalue weighted by atomic mass is 16.5. The Balaban J connectivity index is 1.60. The summed E-state index contributed by atoms with van der Waals surface area (Å²) in [6, 6.07) is 0. The van der Waals surface area contributed by atoms with Crippen molar-refractivity contribution in [2.45, 2.75) is 78.7 Å². The average Bonchev–Trinajstić information content (AvgIpc) is 2.91. The molecule has 0 aliphatic heterocycles. The Morgan fingerprint density at radius 2 is 1.89 bits per heavy atom. The summed E-state index contributed by atoms with van der Waals surface area (Å²) in [5.74, 6) is 1.66. The number of ketones is 2. The number of hydrogen-bond acceptors (Lipinski definition) is 4. The van der Waals surface area contributed by atoms with Crippen LogP contribution < -0.4 is 0 Å². The molecule has 148 valence electrons. The SMILES string of the molecule is CC(=O)O[C@@H]1CC[C@@]2(C)[C@@H](CC[C@@H]3[C@H]2C(=O)C[C@]2(C)C(C(C)=O)=CC[C@H]32)C1. The molecular weight excluding hydrogens is 340 g/mol. The fourth-order valence-electron chi connectivity index (χ4n) is 7.50. The Morgan fingerprint density at radius 3 is 2.56 bits per heavy atom. The van der Waals surface area contributed by atoms with Gasteiger partial charge in [-0.25, -0.2) is 0 Å². The third kappa shape index (κ3) is 2.74. The first-order chi connectivity index (χ1) is 12.7. The van der Waals surface area contributed by atoms with Crippen LogP contribution in [0.5, 0.6) is 0 Å². The minimum atomic E-state index is -0.262. The number of rotatable bonds is 2. The molecule has 27 heavy (non-hydrogen) atoms. The Bertz CT molecular complexity index is 722. The van der Waals surface area contributed by atoms with Crippen molar-refractivity contribution in [3.8, 4) is 0 Å². The summed E-state index contributed by atoms with van der Waals surface area (Å²) in [6.07, 6.45) is 8.46.